The van der Waals surface area contributed by atoms with E-state index in [1.807, 2.05) is 0 Å². The van der Waals surface area contributed by atoms with Crippen LogP contribution in [0.25, 0.3) is 0 Å². The van der Waals surface area contributed by atoms with Gasteiger partial charge in [-0.3, -0.25) is 4.79 Å². The number of carbonyl (C=O) groups is 1. The van der Waals surface area contributed by atoms with Gasteiger partial charge in [0.25, 0.3) is 5.91 Å². The topological polar surface area (TPSA) is 99.6 Å². The molecule has 0 aromatic heterocycles. The second-order valence-corrected chi connectivity index (χ2v) is 3.71. The summed E-state index contributed by atoms with van der Waals surface area (Å²) in [4.78, 5) is 11.8. The summed E-state index contributed by atoms with van der Waals surface area (Å²) in [5, 5.41) is 2.71. The maximum absolute atomic E-state index is 11.8. The first-order chi connectivity index (χ1) is 8.65. The van der Waals surface area contributed by atoms with Crippen molar-refractivity contribution in [1.82, 2.24) is 5.32 Å². The summed E-state index contributed by atoms with van der Waals surface area (Å²) in [5.41, 5.74) is 12.6. The monoisotopic (exact) mass is 253 g/mol. The number of hydrogen-bond donors (Lipinski definition) is 3. The molecular formula is C12H19N3O3. The van der Waals surface area contributed by atoms with Crippen LogP contribution >= 0.6 is 0 Å². The average Bonchev–Trinajstić information content (AvgIpc) is 2.33. The molecule has 1 amide bonds. The van der Waals surface area contributed by atoms with E-state index < -0.39 is 0 Å². The fourth-order valence-corrected chi connectivity index (χ4v) is 1.36. The summed E-state index contributed by atoms with van der Waals surface area (Å²) >= 11 is 0. The molecule has 0 saturated heterocycles. The standard InChI is InChI=1S/C12H19N3O3/c1-17-6-7-18-5-4-15-12(16)10-3-2-9(13)8-11(10)14/h2-3,8H,4-7,13-14H2,1H3,(H,15,16). The van der Waals surface area contributed by atoms with Crippen molar-refractivity contribution in [3.8, 4) is 0 Å². The van der Waals surface area contributed by atoms with Crippen molar-refractivity contribution in [2.45, 2.75) is 0 Å². The van der Waals surface area contributed by atoms with Gasteiger partial charge in [0.15, 0.2) is 0 Å². The molecule has 0 aliphatic carbocycles. The highest BCUT2D eigenvalue weighted by atomic mass is 16.5. The molecule has 0 saturated carbocycles. The van der Waals surface area contributed by atoms with Gasteiger partial charge in [0.05, 0.1) is 25.4 Å². The zero-order valence-electron chi connectivity index (χ0n) is 10.4. The van der Waals surface area contributed by atoms with Crippen LogP contribution in [0.4, 0.5) is 11.4 Å². The van der Waals surface area contributed by atoms with E-state index >= 15 is 0 Å². The predicted octanol–water partition coefficient (Wildman–Crippen LogP) is 0.244. The molecule has 6 heteroatoms. The van der Waals surface area contributed by atoms with E-state index in [1.165, 1.54) is 0 Å². The van der Waals surface area contributed by atoms with Crippen LogP contribution in [0.3, 0.4) is 0 Å². The maximum Gasteiger partial charge on any atom is 0.253 e. The largest absolute Gasteiger partial charge is 0.399 e. The number of amides is 1. The average molecular weight is 253 g/mol. The first kappa shape index (κ1) is 14.3. The van der Waals surface area contributed by atoms with Crippen molar-refractivity contribution in [3.05, 3.63) is 23.8 Å². The summed E-state index contributed by atoms with van der Waals surface area (Å²) in [5.74, 6) is -0.233. The molecular weight excluding hydrogens is 234 g/mol. The van der Waals surface area contributed by atoms with Gasteiger partial charge in [-0.2, -0.15) is 0 Å². The molecule has 100 valence electrons. The molecule has 1 aromatic rings. The van der Waals surface area contributed by atoms with Crippen molar-refractivity contribution in [3.63, 3.8) is 0 Å². The Kier molecular flexibility index (Phi) is 5.96. The smallest absolute Gasteiger partial charge is 0.253 e. The van der Waals surface area contributed by atoms with Gasteiger partial charge in [-0.05, 0) is 18.2 Å². The highest BCUT2D eigenvalue weighted by molar-refractivity contribution is 5.99. The molecule has 0 spiro atoms. The zero-order chi connectivity index (χ0) is 13.4. The molecule has 18 heavy (non-hydrogen) atoms. The number of methoxy groups -OCH3 is 1. The Morgan fingerprint density at radius 2 is 2.06 bits per heavy atom. The molecule has 0 atom stereocenters. The van der Waals surface area contributed by atoms with Gasteiger partial charge >= 0.3 is 0 Å². The van der Waals surface area contributed by atoms with Crippen LogP contribution in [0, 0.1) is 0 Å². The van der Waals surface area contributed by atoms with Crippen LogP contribution in [-0.2, 0) is 9.47 Å². The van der Waals surface area contributed by atoms with Gasteiger partial charge in [-0.1, -0.05) is 0 Å². The highest BCUT2D eigenvalue weighted by Gasteiger charge is 2.08. The Morgan fingerprint density at radius 3 is 2.72 bits per heavy atom. The van der Waals surface area contributed by atoms with Gasteiger partial charge in [-0.15, -0.1) is 0 Å². The number of nitrogen functional groups attached to an aromatic ring is 2. The van der Waals surface area contributed by atoms with E-state index in [-0.39, 0.29) is 5.91 Å². The lowest BCUT2D eigenvalue weighted by molar-refractivity contribution is 0.0693. The quantitative estimate of drug-likeness (QED) is 0.477. The molecule has 0 heterocycles. The molecule has 0 radical (unpaired) electrons. The van der Waals surface area contributed by atoms with E-state index in [0.717, 1.165) is 0 Å². The third kappa shape index (κ3) is 4.60. The molecule has 6 nitrogen and oxygen atoms in total. The fraction of sp³-hybridized carbons (Fsp3) is 0.417. The number of rotatable bonds is 7. The first-order valence-corrected chi connectivity index (χ1v) is 5.65. The summed E-state index contributed by atoms with van der Waals surface area (Å²) < 4.78 is 10.0. The van der Waals surface area contributed by atoms with Crippen molar-refractivity contribution < 1.29 is 14.3 Å². The Bertz CT molecular complexity index is 396. The van der Waals surface area contributed by atoms with Crippen LogP contribution < -0.4 is 16.8 Å². The summed E-state index contributed by atoms with van der Waals surface area (Å²) in [7, 11) is 1.61. The van der Waals surface area contributed by atoms with E-state index in [9.17, 15) is 4.79 Å². The van der Waals surface area contributed by atoms with Gasteiger partial charge in [-0.25, -0.2) is 0 Å². The fourth-order valence-electron chi connectivity index (χ4n) is 1.36. The van der Waals surface area contributed by atoms with Crippen LogP contribution in [0.2, 0.25) is 0 Å². The zero-order valence-corrected chi connectivity index (χ0v) is 10.4. The number of ether oxygens (including phenoxy) is 2. The molecule has 0 aliphatic heterocycles. The van der Waals surface area contributed by atoms with Crippen molar-refractivity contribution in [1.29, 1.82) is 0 Å². The number of carbonyl (C=O) groups excluding carboxylic acids is 1. The molecule has 0 unspecified atom stereocenters. The van der Waals surface area contributed by atoms with E-state index in [1.54, 1.807) is 25.3 Å². The summed E-state index contributed by atoms with van der Waals surface area (Å²) in [6.45, 7) is 1.91. The van der Waals surface area contributed by atoms with Crippen molar-refractivity contribution in [2.24, 2.45) is 0 Å². The van der Waals surface area contributed by atoms with Crippen LogP contribution in [0.5, 0.6) is 0 Å². The number of hydrogen-bond acceptors (Lipinski definition) is 5. The van der Waals surface area contributed by atoms with Crippen molar-refractivity contribution in [2.75, 3.05) is 44.9 Å². The first-order valence-electron chi connectivity index (χ1n) is 5.65. The Hall–Kier alpha value is -1.79. The normalized spacial score (nSPS) is 10.3. The number of nitrogens with two attached hydrogens (primary N) is 2. The van der Waals surface area contributed by atoms with Gasteiger partial charge in [0, 0.05) is 25.0 Å². The minimum Gasteiger partial charge on any atom is -0.399 e. The third-order valence-corrected chi connectivity index (χ3v) is 2.28. The summed E-state index contributed by atoms with van der Waals surface area (Å²) in [6.07, 6.45) is 0. The number of anilines is 2. The Morgan fingerprint density at radius 1 is 1.28 bits per heavy atom. The second kappa shape index (κ2) is 7.52. The number of nitrogens with one attached hydrogen (secondary N) is 1. The van der Waals surface area contributed by atoms with Crippen LogP contribution in [0.1, 0.15) is 10.4 Å². The molecule has 0 aliphatic rings. The minimum atomic E-state index is -0.233. The Balaban J connectivity index is 2.32. The van der Waals surface area contributed by atoms with E-state index in [4.69, 9.17) is 20.9 Å². The number of benzene rings is 1. The van der Waals surface area contributed by atoms with Crippen molar-refractivity contribution >= 4 is 17.3 Å². The van der Waals surface area contributed by atoms with E-state index in [2.05, 4.69) is 5.32 Å². The second-order valence-electron chi connectivity index (χ2n) is 3.71. The minimum absolute atomic E-state index is 0.233. The lowest BCUT2D eigenvalue weighted by atomic mass is 10.1. The predicted molar refractivity (Wildman–Crippen MR) is 70.3 cm³/mol. The molecule has 1 aromatic carbocycles. The van der Waals surface area contributed by atoms with Gasteiger partial charge in [0.2, 0.25) is 0 Å². The molecule has 0 bridgehead atoms. The molecule has 5 N–H and O–H groups in total. The van der Waals surface area contributed by atoms with E-state index in [0.29, 0.717) is 43.3 Å². The molecule has 0 fully saturated rings. The SMILES string of the molecule is COCCOCCNC(=O)c1ccc(N)cc1N. The molecule has 1 rings (SSSR count). The summed E-state index contributed by atoms with van der Waals surface area (Å²) in [6, 6.07) is 4.80. The van der Waals surface area contributed by atoms with Gasteiger partial charge in [0.1, 0.15) is 0 Å². The van der Waals surface area contributed by atoms with Gasteiger partial charge < -0.3 is 26.3 Å². The Labute approximate surface area is 106 Å². The third-order valence-electron chi connectivity index (χ3n) is 2.28. The maximum atomic E-state index is 11.8. The van der Waals surface area contributed by atoms with Crippen LogP contribution in [0.15, 0.2) is 18.2 Å². The lowest BCUT2D eigenvalue weighted by Gasteiger charge is -2.08. The highest BCUT2D eigenvalue weighted by Crippen LogP contribution is 2.15. The lowest BCUT2D eigenvalue weighted by Crippen LogP contribution is -2.28. The van der Waals surface area contributed by atoms with Crippen LogP contribution in [-0.4, -0.2) is 39.4 Å².